The van der Waals surface area contributed by atoms with E-state index in [0.29, 0.717) is 17.9 Å². The highest BCUT2D eigenvalue weighted by molar-refractivity contribution is 7.07. The van der Waals surface area contributed by atoms with Crippen molar-refractivity contribution in [3.63, 3.8) is 0 Å². The first-order chi connectivity index (χ1) is 12.2. The van der Waals surface area contributed by atoms with Crippen LogP contribution in [0.4, 0.5) is 5.69 Å². The Morgan fingerprint density at radius 2 is 1.92 bits per heavy atom. The van der Waals surface area contributed by atoms with Gasteiger partial charge >= 0.3 is 0 Å². The number of fused-ring (bicyclic) bond motifs is 1. The van der Waals surface area contributed by atoms with E-state index in [9.17, 15) is 4.79 Å². The molecular weight excluding hydrogens is 332 g/mol. The van der Waals surface area contributed by atoms with Crippen LogP contribution in [0.1, 0.15) is 18.1 Å². The molecule has 0 atom stereocenters. The minimum Gasteiger partial charge on any atom is -0.334 e. The van der Waals surface area contributed by atoms with Gasteiger partial charge in [0, 0.05) is 18.1 Å². The summed E-state index contributed by atoms with van der Waals surface area (Å²) in [6.07, 6.45) is 6.37. The summed E-state index contributed by atoms with van der Waals surface area (Å²) in [4.78, 5) is 24.2. The number of hydrogen-bond acceptors (Lipinski definition) is 5. The second-order valence-electron chi connectivity index (χ2n) is 5.91. The summed E-state index contributed by atoms with van der Waals surface area (Å²) in [6.45, 7) is 3.24. The lowest BCUT2D eigenvalue weighted by Crippen LogP contribution is -2.42. The molecule has 4 rings (SSSR count). The molecule has 25 heavy (non-hydrogen) atoms. The fraction of sp³-hybridized carbons (Fsp3) is 0.211. The van der Waals surface area contributed by atoms with Gasteiger partial charge in [-0.05, 0) is 47.9 Å². The van der Waals surface area contributed by atoms with Crippen LogP contribution in [-0.2, 0) is 13.1 Å². The number of thiazole rings is 1. The first-order valence-electron chi connectivity index (χ1n) is 8.24. The lowest BCUT2D eigenvalue weighted by atomic mass is 10.1. The van der Waals surface area contributed by atoms with Crippen molar-refractivity contribution in [3.8, 4) is 0 Å². The minimum atomic E-state index is 0.00967. The van der Waals surface area contributed by atoms with Crippen molar-refractivity contribution in [1.82, 2.24) is 9.55 Å². The van der Waals surface area contributed by atoms with Crippen molar-refractivity contribution >= 4 is 23.1 Å². The zero-order valence-corrected chi connectivity index (χ0v) is 14.7. The van der Waals surface area contributed by atoms with Gasteiger partial charge in [0.05, 0.1) is 4.53 Å². The molecule has 126 valence electrons. The van der Waals surface area contributed by atoms with Crippen molar-refractivity contribution in [2.24, 2.45) is 4.99 Å². The van der Waals surface area contributed by atoms with Crippen LogP contribution in [0.2, 0.25) is 0 Å². The van der Waals surface area contributed by atoms with Gasteiger partial charge < -0.3 is 4.90 Å². The number of aromatic nitrogens is 2. The summed E-state index contributed by atoms with van der Waals surface area (Å²) in [7, 11) is 0. The second-order valence-corrected chi connectivity index (χ2v) is 6.92. The Labute approximate surface area is 149 Å². The minimum absolute atomic E-state index is 0.00967. The number of anilines is 1. The third-order valence-electron chi connectivity index (χ3n) is 4.29. The summed E-state index contributed by atoms with van der Waals surface area (Å²) < 4.78 is 2.45. The van der Waals surface area contributed by atoms with Crippen molar-refractivity contribution in [2.45, 2.75) is 20.0 Å². The third-order valence-corrected chi connectivity index (χ3v) is 5.33. The predicted molar refractivity (Wildman–Crippen MR) is 100 cm³/mol. The molecule has 0 fully saturated rings. The number of pyridine rings is 1. The molecule has 0 radical (unpaired) electrons. The van der Waals surface area contributed by atoms with Crippen molar-refractivity contribution in [3.05, 3.63) is 79.6 Å². The molecule has 0 aliphatic carbocycles. The number of benzene rings is 1. The summed E-state index contributed by atoms with van der Waals surface area (Å²) in [6, 6.07) is 12.2. The van der Waals surface area contributed by atoms with Gasteiger partial charge in [0.25, 0.3) is 5.56 Å². The molecule has 1 aliphatic rings. The van der Waals surface area contributed by atoms with Crippen LogP contribution >= 0.6 is 11.3 Å². The smallest absolute Gasteiger partial charge is 0.271 e. The van der Waals surface area contributed by atoms with Crippen LogP contribution in [0.25, 0.3) is 6.08 Å². The maximum atomic E-state index is 12.7. The molecule has 6 heteroatoms. The van der Waals surface area contributed by atoms with Crippen molar-refractivity contribution < 1.29 is 0 Å². The maximum Gasteiger partial charge on any atom is 0.271 e. The number of nitrogens with zero attached hydrogens (tertiary/aromatic N) is 4. The molecule has 3 heterocycles. The van der Waals surface area contributed by atoms with E-state index in [1.54, 1.807) is 17.0 Å². The average molecular weight is 350 g/mol. The molecule has 0 N–H and O–H groups in total. The van der Waals surface area contributed by atoms with Crippen molar-refractivity contribution in [2.75, 3.05) is 11.6 Å². The molecule has 0 bridgehead atoms. The zero-order valence-electron chi connectivity index (χ0n) is 13.9. The molecule has 5 nitrogen and oxygen atoms in total. The summed E-state index contributed by atoms with van der Waals surface area (Å²) in [5.74, 6) is 0. The van der Waals surface area contributed by atoms with E-state index in [-0.39, 0.29) is 5.56 Å². The first-order valence-corrected chi connectivity index (χ1v) is 9.06. The highest BCUT2D eigenvalue weighted by atomic mass is 32.1. The molecule has 3 aromatic rings. The Morgan fingerprint density at radius 3 is 2.64 bits per heavy atom. The molecule has 0 spiro atoms. The normalized spacial score (nSPS) is 14.3. The third kappa shape index (κ3) is 3.13. The quantitative estimate of drug-likeness (QED) is 0.723. The van der Waals surface area contributed by atoms with Crippen LogP contribution in [0.3, 0.4) is 0 Å². The van der Waals surface area contributed by atoms with E-state index in [0.717, 1.165) is 22.5 Å². The summed E-state index contributed by atoms with van der Waals surface area (Å²) in [5.41, 5.74) is 3.37. The monoisotopic (exact) mass is 350 g/mol. The molecule has 0 unspecified atom stereocenters. The van der Waals surface area contributed by atoms with Crippen LogP contribution in [0, 0.1) is 0 Å². The van der Waals surface area contributed by atoms with Crippen LogP contribution in [0.5, 0.6) is 0 Å². The van der Waals surface area contributed by atoms with E-state index in [4.69, 9.17) is 0 Å². The SMILES string of the molecule is CCc1ccc(N2CN=c3sc(=Cc4ccncc4)c(=O)n3C2)cc1. The highest BCUT2D eigenvalue weighted by Gasteiger charge is 2.15. The van der Waals surface area contributed by atoms with Gasteiger partial charge in [0.15, 0.2) is 4.80 Å². The van der Waals surface area contributed by atoms with E-state index in [1.165, 1.54) is 16.9 Å². The Morgan fingerprint density at radius 1 is 1.16 bits per heavy atom. The zero-order chi connectivity index (χ0) is 17.2. The largest absolute Gasteiger partial charge is 0.334 e. The van der Waals surface area contributed by atoms with Gasteiger partial charge in [0.1, 0.15) is 13.3 Å². The maximum absolute atomic E-state index is 12.7. The molecule has 2 aromatic heterocycles. The first kappa shape index (κ1) is 15.8. The van der Waals surface area contributed by atoms with Gasteiger partial charge in [-0.3, -0.25) is 14.3 Å². The molecule has 0 saturated carbocycles. The Balaban J connectivity index is 1.68. The summed E-state index contributed by atoms with van der Waals surface area (Å²) in [5, 5.41) is 0. The lowest BCUT2D eigenvalue weighted by Gasteiger charge is -2.25. The van der Waals surface area contributed by atoms with E-state index >= 15 is 0 Å². The molecular formula is C19H18N4OS. The predicted octanol–water partition coefficient (Wildman–Crippen LogP) is 1.75. The van der Waals surface area contributed by atoms with Crippen LogP contribution in [-0.4, -0.2) is 16.2 Å². The Hall–Kier alpha value is -2.73. The van der Waals surface area contributed by atoms with E-state index < -0.39 is 0 Å². The number of aryl methyl sites for hydroxylation is 1. The average Bonchev–Trinajstić information content (AvgIpc) is 2.98. The summed E-state index contributed by atoms with van der Waals surface area (Å²) >= 11 is 1.44. The van der Waals surface area contributed by atoms with Gasteiger partial charge in [-0.1, -0.05) is 30.4 Å². The van der Waals surface area contributed by atoms with Crippen LogP contribution < -0.4 is 19.8 Å². The topological polar surface area (TPSA) is 50.5 Å². The van der Waals surface area contributed by atoms with E-state index in [2.05, 4.69) is 46.1 Å². The van der Waals surface area contributed by atoms with Gasteiger partial charge in [-0.25, -0.2) is 4.99 Å². The molecule has 1 aromatic carbocycles. The lowest BCUT2D eigenvalue weighted by molar-refractivity contribution is 0.569. The Bertz CT molecular complexity index is 1050. The number of hydrogen-bond donors (Lipinski definition) is 0. The van der Waals surface area contributed by atoms with Gasteiger partial charge in [-0.15, -0.1) is 0 Å². The molecule has 0 amide bonds. The van der Waals surface area contributed by atoms with Gasteiger partial charge in [-0.2, -0.15) is 0 Å². The fourth-order valence-corrected chi connectivity index (χ4v) is 3.79. The Kier molecular flexibility index (Phi) is 4.19. The van der Waals surface area contributed by atoms with E-state index in [1.807, 2.05) is 18.2 Å². The highest BCUT2D eigenvalue weighted by Crippen LogP contribution is 2.17. The number of rotatable bonds is 3. The molecule has 0 saturated heterocycles. The molecule has 1 aliphatic heterocycles. The second kappa shape index (κ2) is 6.64. The van der Waals surface area contributed by atoms with Crippen molar-refractivity contribution in [1.29, 1.82) is 0 Å². The van der Waals surface area contributed by atoms with Crippen LogP contribution in [0.15, 0.2) is 58.6 Å². The van der Waals surface area contributed by atoms with Gasteiger partial charge in [0.2, 0.25) is 0 Å². The fourth-order valence-electron chi connectivity index (χ4n) is 2.83. The standard InChI is InChI=1S/C19H18N4OS/c1-2-14-3-5-16(6-4-14)22-12-21-19-23(13-22)18(24)17(25-19)11-15-7-9-20-10-8-15/h3-11H,2,12-13H2,1H3.